The SMILES string of the molecule is Cc1nn(C)c(C)c1NC(=O)CSc1ccc(F)cc1N. The van der Waals surface area contributed by atoms with E-state index in [0.29, 0.717) is 10.6 Å². The topological polar surface area (TPSA) is 72.9 Å². The predicted molar refractivity (Wildman–Crippen MR) is 82.8 cm³/mol. The van der Waals surface area contributed by atoms with Crippen LogP contribution in [-0.2, 0) is 11.8 Å². The van der Waals surface area contributed by atoms with E-state index in [2.05, 4.69) is 10.4 Å². The van der Waals surface area contributed by atoms with Crippen LogP contribution in [0.2, 0.25) is 0 Å². The van der Waals surface area contributed by atoms with E-state index in [9.17, 15) is 9.18 Å². The zero-order chi connectivity index (χ0) is 15.6. The van der Waals surface area contributed by atoms with Crippen molar-refractivity contribution in [3.63, 3.8) is 0 Å². The smallest absolute Gasteiger partial charge is 0.234 e. The molecule has 0 spiro atoms. The Hall–Kier alpha value is -2.02. The van der Waals surface area contributed by atoms with Gasteiger partial charge < -0.3 is 11.1 Å². The highest BCUT2D eigenvalue weighted by atomic mass is 32.2. The molecule has 0 saturated heterocycles. The summed E-state index contributed by atoms with van der Waals surface area (Å²) in [6.45, 7) is 3.73. The second-order valence-corrected chi connectivity index (χ2v) is 5.71. The Morgan fingerprint density at radius 2 is 2.19 bits per heavy atom. The van der Waals surface area contributed by atoms with E-state index in [1.807, 2.05) is 20.9 Å². The van der Waals surface area contributed by atoms with Gasteiger partial charge in [-0.3, -0.25) is 9.48 Å². The second kappa shape index (κ2) is 6.17. The molecule has 1 aromatic heterocycles. The van der Waals surface area contributed by atoms with Crippen molar-refractivity contribution in [3.05, 3.63) is 35.4 Å². The largest absolute Gasteiger partial charge is 0.398 e. The molecule has 1 aromatic carbocycles. The molecular formula is C14H17FN4OS. The van der Waals surface area contributed by atoms with Crippen LogP contribution in [0.5, 0.6) is 0 Å². The van der Waals surface area contributed by atoms with Gasteiger partial charge in [0.25, 0.3) is 0 Å². The average molecular weight is 308 g/mol. The van der Waals surface area contributed by atoms with Crippen LogP contribution < -0.4 is 11.1 Å². The Morgan fingerprint density at radius 3 is 2.76 bits per heavy atom. The molecule has 2 rings (SSSR count). The fourth-order valence-corrected chi connectivity index (χ4v) is 2.67. The number of aromatic nitrogens is 2. The minimum Gasteiger partial charge on any atom is -0.398 e. The summed E-state index contributed by atoms with van der Waals surface area (Å²) < 4.78 is 14.7. The zero-order valence-electron chi connectivity index (χ0n) is 12.1. The molecule has 21 heavy (non-hydrogen) atoms. The van der Waals surface area contributed by atoms with Gasteiger partial charge in [-0.1, -0.05) is 0 Å². The number of nitrogens with zero attached hydrogens (tertiary/aromatic N) is 2. The highest BCUT2D eigenvalue weighted by Gasteiger charge is 2.13. The number of aryl methyl sites for hydroxylation is 2. The lowest BCUT2D eigenvalue weighted by Gasteiger charge is -2.07. The molecule has 3 N–H and O–H groups in total. The van der Waals surface area contributed by atoms with E-state index in [1.165, 1.54) is 23.9 Å². The molecule has 0 radical (unpaired) electrons. The van der Waals surface area contributed by atoms with Gasteiger partial charge in [0, 0.05) is 17.6 Å². The molecule has 2 aromatic rings. The number of hydrogen-bond acceptors (Lipinski definition) is 4. The van der Waals surface area contributed by atoms with E-state index in [0.717, 1.165) is 17.1 Å². The fraction of sp³-hybridized carbons (Fsp3) is 0.286. The Morgan fingerprint density at radius 1 is 1.48 bits per heavy atom. The van der Waals surface area contributed by atoms with E-state index in [4.69, 9.17) is 5.73 Å². The lowest BCUT2D eigenvalue weighted by Crippen LogP contribution is -2.15. The van der Waals surface area contributed by atoms with Crippen LogP contribution in [0.4, 0.5) is 15.8 Å². The van der Waals surface area contributed by atoms with Crippen LogP contribution in [0.1, 0.15) is 11.4 Å². The maximum absolute atomic E-state index is 12.9. The van der Waals surface area contributed by atoms with Crippen LogP contribution in [0.15, 0.2) is 23.1 Å². The first-order chi connectivity index (χ1) is 9.88. The number of hydrogen-bond donors (Lipinski definition) is 2. The number of anilines is 2. The zero-order valence-corrected chi connectivity index (χ0v) is 12.9. The summed E-state index contributed by atoms with van der Waals surface area (Å²) in [5, 5.41) is 7.08. The van der Waals surface area contributed by atoms with Gasteiger partial charge in [0.2, 0.25) is 5.91 Å². The monoisotopic (exact) mass is 308 g/mol. The van der Waals surface area contributed by atoms with Gasteiger partial charge in [-0.05, 0) is 32.0 Å². The summed E-state index contributed by atoms with van der Waals surface area (Å²) in [4.78, 5) is 12.7. The maximum atomic E-state index is 12.9. The van der Waals surface area contributed by atoms with Crippen molar-refractivity contribution in [3.8, 4) is 0 Å². The molecular weight excluding hydrogens is 291 g/mol. The number of halogens is 1. The summed E-state index contributed by atoms with van der Waals surface area (Å²) in [7, 11) is 1.83. The Kier molecular flexibility index (Phi) is 4.52. The Balaban J connectivity index is 1.99. The molecule has 1 heterocycles. The van der Waals surface area contributed by atoms with Crippen molar-refractivity contribution in [1.29, 1.82) is 0 Å². The summed E-state index contributed by atoms with van der Waals surface area (Å²) >= 11 is 1.27. The highest BCUT2D eigenvalue weighted by molar-refractivity contribution is 8.00. The van der Waals surface area contributed by atoms with Crippen molar-refractivity contribution < 1.29 is 9.18 Å². The standard InChI is InChI=1S/C14H17FN4OS/c1-8-14(9(2)19(3)18-8)17-13(20)7-21-12-5-4-10(15)6-11(12)16/h4-6H,7,16H2,1-3H3,(H,17,20). The third-order valence-corrected chi connectivity index (χ3v) is 4.19. The normalized spacial score (nSPS) is 10.7. The van der Waals surface area contributed by atoms with E-state index in [-0.39, 0.29) is 17.5 Å². The number of carbonyl (C=O) groups excluding carboxylic acids is 1. The number of rotatable bonds is 4. The van der Waals surface area contributed by atoms with Gasteiger partial charge in [-0.25, -0.2) is 4.39 Å². The number of nitrogens with one attached hydrogen (secondary N) is 1. The number of nitrogen functional groups attached to an aromatic ring is 1. The van der Waals surface area contributed by atoms with Gasteiger partial charge in [-0.15, -0.1) is 11.8 Å². The van der Waals surface area contributed by atoms with Crippen molar-refractivity contribution in [1.82, 2.24) is 9.78 Å². The summed E-state index contributed by atoms with van der Waals surface area (Å²) in [6.07, 6.45) is 0. The van der Waals surface area contributed by atoms with Crippen LogP contribution in [-0.4, -0.2) is 21.4 Å². The Bertz CT molecular complexity index is 684. The molecule has 0 aliphatic heterocycles. The minimum atomic E-state index is -0.386. The van der Waals surface area contributed by atoms with Gasteiger partial charge in [-0.2, -0.15) is 5.10 Å². The summed E-state index contributed by atoms with van der Waals surface area (Å²) in [6, 6.07) is 4.14. The van der Waals surface area contributed by atoms with Crippen molar-refractivity contribution in [2.75, 3.05) is 16.8 Å². The molecule has 0 saturated carbocycles. The van der Waals surface area contributed by atoms with Crippen LogP contribution in [0.25, 0.3) is 0 Å². The molecule has 112 valence electrons. The molecule has 0 fully saturated rings. The molecule has 0 bridgehead atoms. The van der Waals surface area contributed by atoms with Crippen LogP contribution >= 0.6 is 11.8 Å². The predicted octanol–water partition coefficient (Wildman–Crippen LogP) is 2.49. The number of nitrogens with two attached hydrogens (primary N) is 1. The molecule has 5 nitrogen and oxygen atoms in total. The number of thioether (sulfide) groups is 1. The van der Waals surface area contributed by atoms with Gasteiger partial charge in [0.1, 0.15) is 5.82 Å². The van der Waals surface area contributed by atoms with Crippen LogP contribution in [0, 0.1) is 19.7 Å². The minimum absolute atomic E-state index is 0.150. The van der Waals surface area contributed by atoms with Gasteiger partial charge >= 0.3 is 0 Å². The first-order valence-electron chi connectivity index (χ1n) is 6.36. The van der Waals surface area contributed by atoms with Gasteiger partial charge in [0.05, 0.1) is 22.8 Å². The lowest BCUT2D eigenvalue weighted by atomic mass is 10.3. The maximum Gasteiger partial charge on any atom is 0.234 e. The van der Waals surface area contributed by atoms with E-state index < -0.39 is 0 Å². The molecule has 1 amide bonds. The first-order valence-corrected chi connectivity index (χ1v) is 7.35. The third kappa shape index (κ3) is 3.55. The lowest BCUT2D eigenvalue weighted by molar-refractivity contribution is -0.113. The number of benzene rings is 1. The molecule has 0 unspecified atom stereocenters. The number of amides is 1. The van der Waals surface area contributed by atoms with E-state index in [1.54, 1.807) is 10.7 Å². The third-order valence-electron chi connectivity index (χ3n) is 3.10. The quantitative estimate of drug-likeness (QED) is 0.672. The average Bonchev–Trinajstić information content (AvgIpc) is 2.64. The molecule has 7 heteroatoms. The Labute approximate surface area is 126 Å². The summed E-state index contributed by atoms with van der Waals surface area (Å²) in [5.41, 5.74) is 8.44. The second-order valence-electron chi connectivity index (χ2n) is 4.69. The van der Waals surface area contributed by atoms with E-state index >= 15 is 0 Å². The molecule has 0 aliphatic carbocycles. The fourth-order valence-electron chi connectivity index (χ4n) is 1.92. The molecule has 0 atom stereocenters. The van der Waals surface area contributed by atoms with Crippen molar-refractivity contribution in [2.24, 2.45) is 7.05 Å². The first kappa shape index (κ1) is 15.4. The number of carbonyl (C=O) groups is 1. The van der Waals surface area contributed by atoms with Crippen LogP contribution in [0.3, 0.4) is 0 Å². The van der Waals surface area contributed by atoms with Crippen molar-refractivity contribution >= 4 is 29.0 Å². The highest BCUT2D eigenvalue weighted by Crippen LogP contribution is 2.26. The van der Waals surface area contributed by atoms with Gasteiger partial charge in [0.15, 0.2) is 0 Å². The summed E-state index contributed by atoms with van der Waals surface area (Å²) in [5.74, 6) is -0.338. The molecule has 0 aliphatic rings. The van der Waals surface area contributed by atoms with Crippen molar-refractivity contribution in [2.45, 2.75) is 18.7 Å².